The Balaban J connectivity index is 1.72. The molecule has 1 aliphatic rings. The Morgan fingerprint density at radius 1 is 1.30 bits per heavy atom. The molecule has 0 unspecified atom stereocenters. The number of rotatable bonds is 3. The van der Waals surface area contributed by atoms with Crippen molar-refractivity contribution in [2.45, 2.75) is 31.2 Å². The Kier molecular flexibility index (Phi) is 3.37. The highest BCUT2D eigenvalue weighted by Gasteiger charge is 2.39. The van der Waals surface area contributed by atoms with E-state index in [1.807, 2.05) is 5.38 Å². The molecule has 1 saturated carbocycles. The van der Waals surface area contributed by atoms with Gasteiger partial charge in [0.2, 0.25) is 0 Å². The van der Waals surface area contributed by atoms with E-state index in [0.29, 0.717) is 11.0 Å². The number of carbonyl (C=O) groups excluding carboxylic acids is 1. The quantitative estimate of drug-likeness (QED) is 0.773. The molecule has 4 rings (SSSR count). The Hall–Kier alpha value is -2.28. The summed E-state index contributed by atoms with van der Waals surface area (Å²) < 4.78 is 13.8. The zero-order valence-corrected chi connectivity index (χ0v) is 13.1. The Bertz CT molecular complexity index is 852. The predicted molar refractivity (Wildman–Crippen MR) is 85.8 cm³/mol. The lowest BCUT2D eigenvalue weighted by Gasteiger charge is -2.28. The first-order chi connectivity index (χ1) is 11.2. The van der Waals surface area contributed by atoms with Crippen molar-refractivity contribution in [2.75, 3.05) is 0 Å². The molecule has 1 aromatic carbocycles. The highest BCUT2D eigenvalue weighted by Crippen LogP contribution is 2.40. The van der Waals surface area contributed by atoms with E-state index < -0.39 is 11.4 Å². The summed E-state index contributed by atoms with van der Waals surface area (Å²) in [6, 6.07) is 2.58. The Morgan fingerprint density at radius 2 is 2.13 bits per heavy atom. The van der Waals surface area contributed by atoms with Gasteiger partial charge in [0.1, 0.15) is 16.3 Å². The molecule has 0 aliphatic heterocycles. The van der Waals surface area contributed by atoms with Crippen LogP contribution in [0.5, 0.6) is 0 Å². The van der Waals surface area contributed by atoms with E-state index in [2.05, 4.69) is 20.3 Å². The van der Waals surface area contributed by atoms with Crippen molar-refractivity contribution in [3.8, 4) is 0 Å². The van der Waals surface area contributed by atoms with Gasteiger partial charge in [0, 0.05) is 11.6 Å². The number of halogens is 1. The zero-order valence-electron chi connectivity index (χ0n) is 12.3. The average Bonchev–Trinajstić information content (AvgIpc) is 3.27. The first-order valence-electron chi connectivity index (χ1n) is 7.53. The van der Waals surface area contributed by atoms with Crippen LogP contribution in [0.2, 0.25) is 0 Å². The van der Waals surface area contributed by atoms with E-state index in [0.717, 1.165) is 30.7 Å². The lowest BCUT2D eigenvalue weighted by atomic mass is 9.97. The number of nitrogens with one attached hydrogen (secondary N) is 2. The van der Waals surface area contributed by atoms with Crippen LogP contribution < -0.4 is 5.32 Å². The number of carbonyl (C=O) groups is 1. The van der Waals surface area contributed by atoms with Gasteiger partial charge in [-0.05, 0) is 25.0 Å². The maximum absolute atomic E-state index is 13.8. The molecule has 0 saturated heterocycles. The minimum atomic E-state index is -0.457. The molecule has 0 atom stereocenters. The molecule has 23 heavy (non-hydrogen) atoms. The number of aromatic nitrogens is 3. The molecule has 0 bridgehead atoms. The number of hydrogen-bond donors (Lipinski definition) is 2. The van der Waals surface area contributed by atoms with Crippen molar-refractivity contribution >= 4 is 28.3 Å². The van der Waals surface area contributed by atoms with Crippen LogP contribution in [0.1, 0.15) is 41.0 Å². The van der Waals surface area contributed by atoms with E-state index in [-0.39, 0.29) is 11.5 Å². The lowest BCUT2D eigenvalue weighted by molar-refractivity contribution is 0.0899. The van der Waals surface area contributed by atoms with Crippen LogP contribution in [0.25, 0.3) is 11.0 Å². The number of imidazole rings is 1. The molecule has 3 aromatic rings. The van der Waals surface area contributed by atoms with Gasteiger partial charge in [0.05, 0.1) is 22.9 Å². The van der Waals surface area contributed by atoms with Crippen LogP contribution in [-0.2, 0) is 5.54 Å². The van der Waals surface area contributed by atoms with Gasteiger partial charge in [-0.2, -0.15) is 0 Å². The average molecular weight is 330 g/mol. The SMILES string of the molecule is O=C(NC1(c2nccs2)CCCC1)c1cc(F)cc2[nH]cnc12. The number of hydrogen-bond acceptors (Lipinski definition) is 4. The van der Waals surface area contributed by atoms with Crippen LogP contribution >= 0.6 is 11.3 Å². The monoisotopic (exact) mass is 330 g/mol. The van der Waals surface area contributed by atoms with E-state index >= 15 is 0 Å². The molecular weight excluding hydrogens is 315 g/mol. The lowest BCUT2D eigenvalue weighted by Crippen LogP contribution is -2.43. The second-order valence-electron chi connectivity index (χ2n) is 5.83. The summed E-state index contributed by atoms with van der Waals surface area (Å²) in [7, 11) is 0. The third kappa shape index (κ3) is 2.41. The largest absolute Gasteiger partial charge is 0.344 e. The maximum atomic E-state index is 13.8. The van der Waals surface area contributed by atoms with Crippen LogP contribution in [-0.4, -0.2) is 20.9 Å². The van der Waals surface area contributed by atoms with Crippen molar-refractivity contribution in [1.82, 2.24) is 20.3 Å². The maximum Gasteiger partial charge on any atom is 0.254 e. The Morgan fingerprint density at radius 3 is 2.87 bits per heavy atom. The fraction of sp³-hybridized carbons (Fsp3) is 0.312. The third-order valence-corrected chi connectivity index (χ3v) is 5.36. The van der Waals surface area contributed by atoms with Crippen molar-refractivity contribution < 1.29 is 9.18 Å². The summed E-state index contributed by atoms with van der Waals surface area (Å²) >= 11 is 1.54. The number of H-pyrrole nitrogens is 1. The standard InChI is InChI=1S/C16H15FN4OS/c17-10-7-11(13-12(8-10)19-9-20-13)14(22)21-16(3-1-2-4-16)15-18-5-6-23-15/h5-9H,1-4H2,(H,19,20)(H,21,22). The zero-order chi connectivity index (χ0) is 15.9. The summed E-state index contributed by atoms with van der Waals surface area (Å²) in [5.74, 6) is -0.764. The van der Waals surface area contributed by atoms with Gasteiger partial charge in [0.25, 0.3) is 5.91 Å². The van der Waals surface area contributed by atoms with Gasteiger partial charge in [-0.1, -0.05) is 12.8 Å². The third-order valence-electron chi connectivity index (χ3n) is 4.38. The molecule has 1 aliphatic carbocycles. The van der Waals surface area contributed by atoms with E-state index in [1.54, 1.807) is 17.5 Å². The molecule has 0 radical (unpaired) electrons. The van der Waals surface area contributed by atoms with Gasteiger partial charge in [-0.25, -0.2) is 14.4 Å². The van der Waals surface area contributed by atoms with Crippen molar-refractivity contribution in [1.29, 1.82) is 0 Å². The first kappa shape index (κ1) is 14.3. The highest BCUT2D eigenvalue weighted by molar-refractivity contribution is 7.09. The van der Waals surface area contributed by atoms with Gasteiger partial charge < -0.3 is 10.3 Å². The highest BCUT2D eigenvalue weighted by atomic mass is 32.1. The van der Waals surface area contributed by atoms with Gasteiger partial charge in [0.15, 0.2) is 0 Å². The summed E-state index contributed by atoms with van der Waals surface area (Å²) in [5.41, 5.74) is 0.811. The number of fused-ring (bicyclic) bond motifs is 1. The molecule has 5 nitrogen and oxygen atoms in total. The second-order valence-corrected chi connectivity index (χ2v) is 6.73. The van der Waals surface area contributed by atoms with Crippen LogP contribution in [0.15, 0.2) is 30.0 Å². The number of nitrogens with zero attached hydrogens (tertiary/aromatic N) is 2. The predicted octanol–water partition coefficient (Wildman–Crippen LogP) is 3.36. The number of benzene rings is 1. The molecule has 2 aromatic heterocycles. The molecule has 0 spiro atoms. The minimum absolute atomic E-state index is 0.254. The van der Waals surface area contributed by atoms with E-state index in [9.17, 15) is 9.18 Å². The van der Waals surface area contributed by atoms with Crippen LogP contribution in [0.3, 0.4) is 0 Å². The van der Waals surface area contributed by atoms with Crippen molar-refractivity contribution in [3.05, 3.63) is 46.4 Å². The molecule has 118 valence electrons. The summed E-state index contributed by atoms with van der Waals surface area (Å²) in [5, 5.41) is 5.94. The fourth-order valence-corrected chi connectivity index (χ4v) is 4.16. The number of amides is 1. The van der Waals surface area contributed by atoms with E-state index in [1.165, 1.54) is 18.5 Å². The Labute approximate surface area is 136 Å². The normalized spacial score (nSPS) is 16.7. The van der Waals surface area contributed by atoms with E-state index in [4.69, 9.17) is 0 Å². The fourth-order valence-electron chi connectivity index (χ4n) is 3.30. The molecule has 2 heterocycles. The minimum Gasteiger partial charge on any atom is -0.344 e. The topological polar surface area (TPSA) is 70.7 Å². The van der Waals surface area contributed by atoms with Crippen molar-refractivity contribution in [3.63, 3.8) is 0 Å². The van der Waals surface area contributed by atoms with Gasteiger partial charge >= 0.3 is 0 Å². The smallest absolute Gasteiger partial charge is 0.254 e. The molecule has 7 heteroatoms. The number of aromatic amines is 1. The molecular formula is C16H15FN4OS. The summed E-state index contributed by atoms with van der Waals surface area (Å²) in [6.45, 7) is 0. The van der Waals surface area contributed by atoms with Crippen LogP contribution in [0.4, 0.5) is 4.39 Å². The molecule has 2 N–H and O–H groups in total. The van der Waals surface area contributed by atoms with Crippen molar-refractivity contribution in [2.24, 2.45) is 0 Å². The second kappa shape index (κ2) is 5.42. The summed E-state index contributed by atoms with van der Waals surface area (Å²) in [4.78, 5) is 24.2. The molecule has 1 fully saturated rings. The summed E-state index contributed by atoms with van der Waals surface area (Å²) in [6.07, 6.45) is 7.01. The molecule has 1 amide bonds. The number of thiazole rings is 1. The first-order valence-corrected chi connectivity index (χ1v) is 8.41. The van der Waals surface area contributed by atoms with Crippen LogP contribution in [0, 0.1) is 5.82 Å². The van der Waals surface area contributed by atoms with Gasteiger partial charge in [-0.3, -0.25) is 4.79 Å². The van der Waals surface area contributed by atoms with Gasteiger partial charge in [-0.15, -0.1) is 11.3 Å².